The fourth-order valence-electron chi connectivity index (χ4n) is 1.03. The van der Waals surface area contributed by atoms with Crippen LogP contribution >= 0.6 is 0 Å². The first-order valence-corrected chi connectivity index (χ1v) is 4.72. The summed E-state index contributed by atoms with van der Waals surface area (Å²) in [6.45, 7) is 7.62. The first-order chi connectivity index (χ1) is 5.85. The van der Waals surface area contributed by atoms with E-state index < -0.39 is 0 Å². The predicted octanol–water partition coefficient (Wildman–Crippen LogP) is 1.97. The molecule has 1 N–H and O–H groups in total. The minimum absolute atomic E-state index is 0.375. The second-order valence-electron chi connectivity index (χ2n) is 2.89. The van der Waals surface area contributed by atoms with Gasteiger partial charge in [0.1, 0.15) is 0 Å². The molecule has 12 heavy (non-hydrogen) atoms. The summed E-state index contributed by atoms with van der Waals surface area (Å²) in [5, 5.41) is 3.11. The molecule has 0 amide bonds. The number of hydrogen-bond donors (Lipinski definition) is 1. The molecule has 0 bridgehead atoms. The van der Waals surface area contributed by atoms with Crippen LogP contribution in [0, 0.1) is 0 Å². The van der Waals surface area contributed by atoms with E-state index in [0.29, 0.717) is 6.10 Å². The Morgan fingerprint density at radius 2 is 2.33 bits per heavy atom. The van der Waals surface area contributed by atoms with Gasteiger partial charge in [-0.15, -0.1) is 6.58 Å². The third-order valence-electron chi connectivity index (χ3n) is 1.79. The Hall–Kier alpha value is -0.340. The highest BCUT2D eigenvalue weighted by molar-refractivity contribution is 4.65. The van der Waals surface area contributed by atoms with Crippen LogP contribution in [0.2, 0.25) is 0 Å². The molecule has 0 aliphatic carbocycles. The minimum Gasteiger partial charge on any atom is -0.377 e. The molecule has 2 nitrogen and oxygen atoms in total. The Morgan fingerprint density at radius 3 is 2.83 bits per heavy atom. The standard InChI is InChI=1S/C10H21NO/c1-4-6-7-8-12-10(5-2)9-11-3/h4,10-11H,1,5-9H2,2-3H3. The molecule has 0 spiro atoms. The quantitative estimate of drug-likeness (QED) is 0.445. The molecule has 2 heteroatoms. The maximum absolute atomic E-state index is 5.62. The van der Waals surface area contributed by atoms with Crippen molar-refractivity contribution in [2.45, 2.75) is 32.3 Å². The molecular weight excluding hydrogens is 150 g/mol. The summed E-state index contributed by atoms with van der Waals surface area (Å²) >= 11 is 0. The molecule has 0 radical (unpaired) electrons. The molecule has 0 aliphatic heterocycles. The van der Waals surface area contributed by atoms with Crippen LogP contribution in [0.25, 0.3) is 0 Å². The highest BCUT2D eigenvalue weighted by atomic mass is 16.5. The van der Waals surface area contributed by atoms with Gasteiger partial charge in [-0.1, -0.05) is 13.0 Å². The van der Waals surface area contributed by atoms with Crippen LogP contribution in [0.5, 0.6) is 0 Å². The predicted molar refractivity (Wildman–Crippen MR) is 53.4 cm³/mol. The van der Waals surface area contributed by atoms with Crippen molar-refractivity contribution < 1.29 is 4.74 Å². The summed E-state index contributed by atoms with van der Waals surface area (Å²) in [6, 6.07) is 0. The lowest BCUT2D eigenvalue weighted by Gasteiger charge is -2.14. The highest BCUT2D eigenvalue weighted by Gasteiger charge is 2.03. The van der Waals surface area contributed by atoms with Gasteiger partial charge < -0.3 is 10.1 Å². The smallest absolute Gasteiger partial charge is 0.0696 e. The normalized spacial score (nSPS) is 12.8. The molecule has 0 rings (SSSR count). The zero-order chi connectivity index (χ0) is 9.23. The first-order valence-electron chi connectivity index (χ1n) is 4.72. The van der Waals surface area contributed by atoms with Gasteiger partial charge in [0, 0.05) is 13.2 Å². The third-order valence-corrected chi connectivity index (χ3v) is 1.79. The van der Waals surface area contributed by atoms with Crippen molar-refractivity contribution in [3.05, 3.63) is 12.7 Å². The van der Waals surface area contributed by atoms with Gasteiger partial charge in [0.05, 0.1) is 6.10 Å². The SMILES string of the molecule is C=CCCCOC(CC)CNC. The number of rotatable bonds is 8. The molecular formula is C10H21NO. The Kier molecular flexibility index (Phi) is 8.51. The van der Waals surface area contributed by atoms with Crippen molar-refractivity contribution in [2.75, 3.05) is 20.2 Å². The first kappa shape index (κ1) is 11.7. The second kappa shape index (κ2) is 8.75. The number of ether oxygens (including phenoxy) is 1. The minimum atomic E-state index is 0.375. The summed E-state index contributed by atoms with van der Waals surface area (Å²) in [5.74, 6) is 0. The molecule has 0 heterocycles. The van der Waals surface area contributed by atoms with Crippen LogP contribution in [0.15, 0.2) is 12.7 Å². The van der Waals surface area contributed by atoms with E-state index in [0.717, 1.165) is 32.4 Å². The van der Waals surface area contributed by atoms with Crippen molar-refractivity contribution in [1.82, 2.24) is 5.32 Å². The maximum atomic E-state index is 5.62. The zero-order valence-electron chi connectivity index (χ0n) is 8.31. The van der Waals surface area contributed by atoms with Gasteiger partial charge in [0.25, 0.3) is 0 Å². The Labute approximate surface area is 76.0 Å². The van der Waals surface area contributed by atoms with Crippen LogP contribution in [0.3, 0.4) is 0 Å². The molecule has 1 unspecified atom stereocenters. The van der Waals surface area contributed by atoms with Gasteiger partial charge in [-0.2, -0.15) is 0 Å². The largest absolute Gasteiger partial charge is 0.377 e. The van der Waals surface area contributed by atoms with Crippen molar-refractivity contribution >= 4 is 0 Å². The molecule has 0 aromatic carbocycles. The highest BCUT2D eigenvalue weighted by Crippen LogP contribution is 1.99. The van der Waals surface area contributed by atoms with Gasteiger partial charge in [0.2, 0.25) is 0 Å². The Balaban J connectivity index is 3.24. The van der Waals surface area contributed by atoms with Gasteiger partial charge in [-0.3, -0.25) is 0 Å². The molecule has 0 aromatic rings. The van der Waals surface area contributed by atoms with Crippen molar-refractivity contribution in [2.24, 2.45) is 0 Å². The van der Waals surface area contributed by atoms with E-state index in [1.165, 1.54) is 0 Å². The molecule has 0 saturated carbocycles. The zero-order valence-corrected chi connectivity index (χ0v) is 8.31. The van der Waals surface area contributed by atoms with Crippen LogP contribution < -0.4 is 5.32 Å². The Morgan fingerprint density at radius 1 is 1.58 bits per heavy atom. The molecule has 0 aliphatic rings. The van der Waals surface area contributed by atoms with Gasteiger partial charge in [0.15, 0.2) is 0 Å². The average Bonchev–Trinajstić information content (AvgIpc) is 2.10. The van der Waals surface area contributed by atoms with Crippen molar-refractivity contribution in [3.63, 3.8) is 0 Å². The molecule has 0 aromatic heterocycles. The lowest BCUT2D eigenvalue weighted by molar-refractivity contribution is 0.0509. The lowest BCUT2D eigenvalue weighted by Crippen LogP contribution is -2.26. The topological polar surface area (TPSA) is 21.3 Å². The monoisotopic (exact) mass is 171 g/mol. The number of nitrogens with one attached hydrogen (secondary N) is 1. The van der Waals surface area contributed by atoms with Gasteiger partial charge in [-0.25, -0.2) is 0 Å². The fourth-order valence-corrected chi connectivity index (χ4v) is 1.03. The number of unbranched alkanes of at least 4 members (excludes halogenated alkanes) is 1. The van der Waals surface area contributed by atoms with Crippen LogP contribution in [0.1, 0.15) is 26.2 Å². The number of hydrogen-bond acceptors (Lipinski definition) is 2. The van der Waals surface area contributed by atoms with E-state index in [2.05, 4.69) is 18.8 Å². The van der Waals surface area contributed by atoms with Crippen molar-refractivity contribution in [3.8, 4) is 0 Å². The van der Waals surface area contributed by atoms with Gasteiger partial charge >= 0.3 is 0 Å². The maximum Gasteiger partial charge on any atom is 0.0696 e. The molecule has 72 valence electrons. The number of likely N-dealkylation sites (N-methyl/N-ethyl adjacent to an activating group) is 1. The Bertz CT molecular complexity index is 104. The van der Waals surface area contributed by atoms with Crippen LogP contribution in [0.4, 0.5) is 0 Å². The van der Waals surface area contributed by atoms with E-state index >= 15 is 0 Å². The summed E-state index contributed by atoms with van der Waals surface area (Å²) in [7, 11) is 1.95. The summed E-state index contributed by atoms with van der Waals surface area (Å²) < 4.78 is 5.62. The van der Waals surface area contributed by atoms with E-state index in [9.17, 15) is 0 Å². The van der Waals surface area contributed by atoms with Crippen LogP contribution in [-0.4, -0.2) is 26.3 Å². The van der Waals surface area contributed by atoms with Crippen molar-refractivity contribution in [1.29, 1.82) is 0 Å². The van der Waals surface area contributed by atoms with E-state index in [-0.39, 0.29) is 0 Å². The molecule has 0 fully saturated rings. The van der Waals surface area contributed by atoms with E-state index in [4.69, 9.17) is 4.74 Å². The van der Waals surface area contributed by atoms with E-state index in [1.54, 1.807) is 0 Å². The van der Waals surface area contributed by atoms with E-state index in [1.807, 2.05) is 13.1 Å². The summed E-state index contributed by atoms with van der Waals surface area (Å²) in [6.07, 6.45) is 5.52. The summed E-state index contributed by atoms with van der Waals surface area (Å²) in [4.78, 5) is 0. The lowest BCUT2D eigenvalue weighted by atomic mass is 10.2. The van der Waals surface area contributed by atoms with Gasteiger partial charge in [-0.05, 0) is 26.3 Å². The molecule has 1 atom stereocenters. The third kappa shape index (κ3) is 6.38. The van der Waals surface area contributed by atoms with Crippen LogP contribution in [-0.2, 0) is 4.74 Å². The molecule has 0 saturated heterocycles. The summed E-state index contributed by atoms with van der Waals surface area (Å²) in [5.41, 5.74) is 0. The average molecular weight is 171 g/mol. The fraction of sp³-hybridized carbons (Fsp3) is 0.800. The number of allylic oxidation sites excluding steroid dienone is 1. The second-order valence-corrected chi connectivity index (χ2v) is 2.89.